The van der Waals surface area contributed by atoms with Crippen molar-refractivity contribution in [3.8, 4) is 0 Å². The maximum absolute atomic E-state index is 12.5. The highest BCUT2D eigenvalue weighted by molar-refractivity contribution is 6.30. The Hall–Kier alpha value is -1.84. The van der Waals surface area contributed by atoms with E-state index in [1.54, 1.807) is 0 Å². The predicted octanol–water partition coefficient (Wildman–Crippen LogP) is 4.17. The van der Waals surface area contributed by atoms with Crippen molar-refractivity contribution in [2.75, 3.05) is 20.6 Å². The van der Waals surface area contributed by atoms with Gasteiger partial charge in [-0.1, -0.05) is 53.6 Å². The van der Waals surface area contributed by atoms with Gasteiger partial charge in [0.2, 0.25) is 5.91 Å². The van der Waals surface area contributed by atoms with Gasteiger partial charge in [-0.05, 0) is 56.6 Å². The first kappa shape index (κ1) is 18.0. The second kappa shape index (κ2) is 7.59. The highest BCUT2D eigenvalue weighted by Crippen LogP contribution is 2.48. The van der Waals surface area contributed by atoms with E-state index in [0.29, 0.717) is 12.5 Å². The van der Waals surface area contributed by atoms with Gasteiger partial charge in [-0.15, -0.1) is 0 Å². The van der Waals surface area contributed by atoms with Crippen LogP contribution in [0.2, 0.25) is 5.02 Å². The van der Waals surface area contributed by atoms with Crippen LogP contribution < -0.4 is 5.32 Å². The highest BCUT2D eigenvalue weighted by atomic mass is 35.5. The molecule has 0 radical (unpaired) electrons. The van der Waals surface area contributed by atoms with Crippen LogP contribution in [0.3, 0.4) is 0 Å². The minimum absolute atomic E-state index is 0.0688. The van der Waals surface area contributed by atoms with Crippen molar-refractivity contribution in [3.63, 3.8) is 0 Å². The third-order valence-electron chi connectivity index (χ3n) is 4.96. The van der Waals surface area contributed by atoms with Crippen LogP contribution in [0.15, 0.2) is 48.5 Å². The van der Waals surface area contributed by atoms with Crippen LogP contribution >= 0.6 is 11.6 Å². The first-order chi connectivity index (χ1) is 12.0. The molecule has 1 N–H and O–H groups in total. The van der Waals surface area contributed by atoms with Crippen LogP contribution in [0, 0.1) is 12.8 Å². The summed E-state index contributed by atoms with van der Waals surface area (Å²) in [7, 11) is 4.09. The fourth-order valence-corrected chi connectivity index (χ4v) is 3.50. The summed E-state index contributed by atoms with van der Waals surface area (Å²) in [5.41, 5.74) is 3.63. The molecule has 132 valence electrons. The molecular weight excluding hydrogens is 332 g/mol. The number of rotatable bonds is 6. The van der Waals surface area contributed by atoms with Gasteiger partial charge in [0.05, 0.1) is 6.04 Å². The topological polar surface area (TPSA) is 32.3 Å². The third kappa shape index (κ3) is 4.42. The van der Waals surface area contributed by atoms with E-state index in [1.807, 2.05) is 32.3 Å². The predicted molar refractivity (Wildman–Crippen MR) is 103 cm³/mol. The Morgan fingerprint density at radius 1 is 1.24 bits per heavy atom. The fourth-order valence-electron chi connectivity index (χ4n) is 3.31. The van der Waals surface area contributed by atoms with Crippen LogP contribution in [0.1, 0.15) is 35.1 Å². The van der Waals surface area contributed by atoms with E-state index in [4.69, 9.17) is 11.6 Å². The van der Waals surface area contributed by atoms with Crippen molar-refractivity contribution in [2.24, 2.45) is 5.92 Å². The average molecular weight is 357 g/mol. The summed E-state index contributed by atoms with van der Waals surface area (Å²) >= 11 is 6.05. The van der Waals surface area contributed by atoms with Gasteiger partial charge in [-0.3, -0.25) is 4.79 Å². The summed E-state index contributed by atoms with van der Waals surface area (Å²) in [6.45, 7) is 2.70. The molecule has 1 fully saturated rings. The molecule has 4 heteroatoms. The van der Waals surface area contributed by atoms with Gasteiger partial charge in [0.1, 0.15) is 0 Å². The molecule has 1 amide bonds. The van der Waals surface area contributed by atoms with Gasteiger partial charge < -0.3 is 10.2 Å². The molecule has 0 heterocycles. The zero-order chi connectivity index (χ0) is 18.0. The Balaban J connectivity index is 1.58. The smallest absolute Gasteiger partial charge is 0.223 e. The maximum atomic E-state index is 12.5. The van der Waals surface area contributed by atoms with Crippen molar-refractivity contribution in [1.82, 2.24) is 10.2 Å². The fraction of sp³-hybridized carbons (Fsp3) is 0.381. The molecule has 0 aliphatic heterocycles. The van der Waals surface area contributed by atoms with Crippen molar-refractivity contribution in [2.45, 2.75) is 25.3 Å². The SMILES string of the molecule is Cc1ccc(C(CNC(=O)C2CC2c2cccc(Cl)c2)N(C)C)cc1. The van der Waals surface area contributed by atoms with Crippen molar-refractivity contribution in [3.05, 3.63) is 70.2 Å². The van der Waals surface area contributed by atoms with E-state index < -0.39 is 0 Å². The summed E-state index contributed by atoms with van der Waals surface area (Å²) in [5, 5.41) is 3.87. The van der Waals surface area contributed by atoms with E-state index >= 15 is 0 Å². The minimum Gasteiger partial charge on any atom is -0.354 e. The first-order valence-corrected chi connectivity index (χ1v) is 9.09. The lowest BCUT2D eigenvalue weighted by molar-refractivity contribution is -0.122. The Bertz CT molecular complexity index is 742. The first-order valence-electron chi connectivity index (χ1n) is 8.72. The summed E-state index contributed by atoms with van der Waals surface area (Å²) in [6.07, 6.45) is 0.906. The van der Waals surface area contributed by atoms with Crippen molar-refractivity contribution >= 4 is 17.5 Å². The highest BCUT2D eigenvalue weighted by Gasteiger charge is 2.43. The van der Waals surface area contributed by atoms with Crippen LogP contribution in [0.5, 0.6) is 0 Å². The number of nitrogens with zero attached hydrogens (tertiary/aromatic N) is 1. The van der Waals surface area contributed by atoms with Gasteiger partial charge in [-0.2, -0.15) is 0 Å². The number of benzene rings is 2. The summed E-state index contributed by atoms with van der Waals surface area (Å²) in [4.78, 5) is 14.7. The Morgan fingerprint density at radius 2 is 1.96 bits per heavy atom. The molecule has 1 aliphatic carbocycles. The summed E-state index contributed by atoms with van der Waals surface area (Å²) < 4.78 is 0. The maximum Gasteiger partial charge on any atom is 0.223 e. The van der Waals surface area contributed by atoms with E-state index in [9.17, 15) is 4.79 Å². The lowest BCUT2D eigenvalue weighted by atomic mass is 10.0. The number of hydrogen-bond acceptors (Lipinski definition) is 2. The molecule has 0 saturated heterocycles. The lowest BCUT2D eigenvalue weighted by Crippen LogP contribution is -2.35. The van der Waals surface area contributed by atoms with Crippen LogP contribution in [-0.2, 0) is 4.79 Å². The van der Waals surface area contributed by atoms with Crippen molar-refractivity contribution < 1.29 is 4.79 Å². The van der Waals surface area contributed by atoms with Gasteiger partial charge in [0.15, 0.2) is 0 Å². The standard InChI is InChI=1S/C21H25ClN2O/c1-14-7-9-15(10-8-14)20(24(2)3)13-23-21(25)19-12-18(19)16-5-4-6-17(22)11-16/h4-11,18-20H,12-13H2,1-3H3,(H,23,25). The molecule has 0 aromatic heterocycles. The summed E-state index contributed by atoms with van der Waals surface area (Å²) in [5.74, 6) is 0.513. The minimum atomic E-state index is 0.0688. The van der Waals surface area contributed by atoms with E-state index in [2.05, 4.69) is 47.5 Å². The molecular formula is C21H25ClN2O. The number of nitrogens with one attached hydrogen (secondary N) is 1. The number of amides is 1. The zero-order valence-corrected chi connectivity index (χ0v) is 15.8. The molecule has 0 bridgehead atoms. The number of likely N-dealkylation sites (N-methyl/N-ethyl adjacent to an activating group) is 1. The second-order valence-electron chi connectivity index (χ2n) is 7.14. The van der Waals surface area contributed by atoms with Gasteiger partial charge >= 0.3 is 0 Å². The van der Waals surface area contributed by atoms with Crippen LogP contribution in [0.25, 0.3) is 0 Å². The molecule has 3 rings (SSSR count). The van der Waals surface area contributed by atoms with Crippen molar-refractivity contribution in [1.29, 1.82) is 0 Å². The number of halogens is 1. The average Bonchev–Trinajstić information content (AvgIpc) is 3.37. The molecule has 2 aromatic carbocycles. The van der Waals surface area contributed by atoms with E-state index in [0.717, 1.165) is 17.0 Å². The molecule has 0 spiro atoms. The molecule has 1 saturated carbocycles. The number of hydrogen-bond donors (Lipinski definition) is 1. The quantitative estimate of drug-likeness (QED) is 0.842. The molecule has 2 aromatic rings. The van der Waals surface area contributed by atoms with Crippen LogP contribution in [-0.4, -0.2) is 31.4 Å². The molecule has 3 nitrogen and oxygen atoms in total. The summed E-state index contributed by atoms with van der Waals surface area (Å²) in [6, 6.07) is 16.5. The third-order valence-corrected chi connectivity index (χ3v) is 5.19. The molecule has 25 heavy (non-hydrogen) atoms. The molecule has 3 unspecified atom stereocenters. The molecule has 3 atom stereocenters. The largest absolute Gasteiger partial charge is 0.354 e. The monoisotopic (exact) mass is 356 g/mol. The van der Waals surface area contributed by atoms with Gasteiger partial charge in [-0.25, -0.2) is 0 Å². The van der Waals surface area contributed by atoms with E-state index in [1.165, 1.54) is 11.1 Å². The Kier molecular flexibility index (Phi) is 5.45. The van der Waals surface area contributed by atoms with Gasteiger partial charge in [0.25, 0.3) is 0 Å². The number of carbonyl (C=O) groups is 1. The van der Waals surface area contributed by atoms with E-state index in [-0.39, 0.29) is 17.9 Å². The number of carbonyl (C=O) groups excluding carboxylic acids is 1. The normalized spacial score (nSPS) is 20.4. The lowest BCUT2D eigenvalue weighted by Gasteiger charge is -2.25. The Morgan fingerprint density at radius 3 is 2.60 bits per heavy atom. The Labute approximate surface area is 155 Å². The second-order valence-corrected chi connectivity index (χ2v) is 7.58. The molecule has 1 aliphatic rings. The number of aryl methyl sites for hydroxylation is 1. The zero-order valence-electron chi connectivity index (χ0n) is 15.0. The van der Waals surface area contributed by atoms with Gasteiger partial charge in [0, 0.05) is 17.5 Å². The van der Waals surface area contributed by atoms with Crippen LogP contribution in [0.4, 0.5) is 0 Å².